The molecule has 19 heavy (non-hydrogen) atoms. The van der Waals surface area contributed by atoms with Crippen LogP contribution in [0.3, 0.4) is 0 Å². The molecule has 2 unspecified atom stereocenters. The lowest BCUT2D eigenvalue weighted by molar-refractivity contribution is 0.677. The van der Waals surface area contributed by atoms with Crippen LogP contribution in [0.25, 0.3) is 0 Å². The minimum Gasteiger partial charge on any atom is -0.0778 e. The summed E-state index contributed by atoms with van der Waals surface area (Å²) >= 11 is 34.0. The SMILES string of the molecule is IC(C(I)(I)I)C(I)(C(I)(I)I)C(I)(I)C(I)(I)I. The van der Waals surface area contributed by atoms with Crippen molar-refractivity contribution >= 4 is 294 Å². The predicted octanol–water partition coefficient (Wildman–Crippen LogP) is 10.4. The van der Waals surface area contributed by atoms with E-state index in [0.29, 0.717) is 3.92 Å². The zero-order valence-corrected chi connectivity index (χ0v) is 36.0. The number of halogens is 13. The van der Waals surface area contributed by atoms with Crippen LogP contribution in [0.2, 0.25) is 0 Å². The summed E-state index contributed by atoms with van der Waals surface area (Å²) in [5.41, 5.74) is 0. The molecule has 0 amide bonds. The van der Waals surface area contributed by atoms with E-state index in [0.717, 1.165) is 0 Å². The number of hydrogen-bond donors (Lipinski definition) is 0. The summed E-state index contributed by atoms with van der Waals surface area (Å²) in [6, 6.07) is 0. The van der Waals surface area contributed by atoms with Crippen LogP contribution < -0.4 is 0 Å². The van der Waals surface area contributed by atoms with Crippen molar-refractivity contribution < 1.29 is 0 Å². The molecule has 0 aliphatic rings. The zero-order chi connectivity index (χ0) is 16.1. The Kier molecular flexibility index (Phi) is 16.0. The molecule has 0 bridgehead atoms. The predicted molar refractivity (Wildman–Crippen MR) is 200 cm³/mol. The van der Waals surface area contributed by atoms with Crippen molar-refractivity contribution in [3.8, 4) is 0 Å². The molecular weight excluding hydrogens is 1720 g/mol. The van der Waals surface area contributed by atoms with Gasteiger partial charge < -0.3 is 0 Å². The van der Waals surface area contributed by atoms with E-state index in [9.17, 15) is 0 Å². The minimum absolute atomic E-state index is 0.0972. The van der Waals surface area contributed by atoms with Gasteiger partial charge in [-0.2, -0.15) is 0 Å². The average molecular weight is 1720 g/mol. The molecule has 0 aromatic rings. The van der Waals surface area contributed by atoms with E-state index in [2.05, 4.69) is 294 Å². The lowest BCUT2D eigenvalue weighted by Gasteiger charge is -2.53. The van der Waals surface area contributed by atoms with Gasteiger partial charge in [0.1, 0.15) is -0.266 Å². The van der Waals surface area contributed by atoms with Crippen molar-refractivity contribution in [2.24, 2.45) is 0 Å². The third kappa shape index (κ3) is 7.60. The van der Waals surface area contributed by atoms with Crippen LogP contribution in [0, 0.1) is 0 Å². The van der Waals surface area contributed by atoms with Crippen molar-refractivity contribution in [3.63, 3.8) is 0 Å². The highest BCUT2D eigenvalue weighted by Gasteiger charge is 2.69. The van der Waals surface area contributed by atoms with Crippen LogP contribution in [0.5, 0.6) is 0 Å². The summed E-state index contributed by atoms with van der Waals surface area (Å²) in [6.07, 6.45) is 0. The van der Waals surface area contributed by atoms with Crippen molar-refractivity contribution in [3.05, 3.63) is 0 Å². The Balaban J connectivity index is 6.14. The Bertz CT molecular complexity index is 317. The first-order chi connectivity index (χ1) is 7.90. The zero-order valence-electron chi connectivity index (χ0n) is 7.99. The first kappa shape index (κ1) is 28.5. The van der Waals surface area contributed by atoms with Gasteiger partial charge >= 0.3 is 0 Å². The monoisotopic (exact) mass is 1720 g/mol. The Labute approximate surface area is 291 Å². The molecule has 0 saturated carbocycles. The van der Waals surface area contributed by atoms with Crippen LogP contribution in [0.15, 0.2) is 0 Å². The third-order valence-corrected chi connectivity index (χ3v) is 32.3. The minimum atomic E-state index is 0.0972. The molecule has 0 N–H and O–H groups in total. The van der Waals surface area contributed by atoms with Crippen molar-refractivity contribution in [1.29, 1.82) is 0 Å². The van der Waals surface area contributed by atoms with Gasteiger partial charge in [0.05, 0.1) is 7.35 Å². The van der Waals surface area contributed by atoms with E-state index in [1.807, 2.05) is 0 Å². The fourth-order valence-corrected chi connectivity index (χ4v) is 18.4. The second-order valence-electron chi connectivity index (χ2n) is 3.19. The fourth-order valence-electron chi connectivity index (χ4n) is 0.913. The van der Waals surface area contributed by atoms with Crippen LogP contribution in [-0.4, -0.2) is 7.08 Å². The largest absolute Gasteiger partial charge is 0.149 e. The molecule has 0 fully saturated rings. The van der Waals surface area contributed by atoms with Crippen LogP contribution in [0.4, 0.5) is 0 Å². The maximum absolute atomic E-state index is 2.73. The molecule has 0 aliphatic carbocycles. The van der Waals surface area contributed by atoms with Crippen LogP contribution >= 0.6 is 294 Å². The molecule has 0 heterocycles. The molecular formula is C6HI13. The normalized spacial score (nSPS) is 20.1. The van der Waals surface area contributed by atoms with Gasteiger partial charge in [0.25, 0.3) is 0 Å². The lowest BCUT2D eigenvalue weighted by atomic mass is 10.1. The van der Waals surface area contributed by atoms with E-state index < -0.39 is 0 Å². The Hall–Kier alpha value is 9.49. The van der Waals surface area contributed by atoms with E-state index >= 15 is 0 Å². The summed E-state index contributed by atoms with van der Waals surface area (Å²) < 4.78 is 1.15. The summed E-state index contributed by atoms with van der Waals surface area (Å²) in [6.45, 7) is 0. The second kappa shape index (κ2) is 10.7. The summed E-state index contributed by atoms with van der Waals surface area (Å²) in [4.78, 5) is 0. The van der Waals surface area contributed by atoms with Gasteiger partial charge in [0, 0.05) is 0 Å². The molecule has 116 valence electrons. The molecule has 0 spiro atoms. The lowest BCUT2D eigenvalue weighted by Crippen LogP contribution is -2.62. The second-order valence-corrected chi connectivity index (χ2v) is 44.8. The Morgan fingerprint density at radius 2 is 0.842 bits per heavy atom. The molecule has 0 radical (unpaired) electrons. The highest BCUT2D eigenvalue weighted by Crippen LogP contribution is 2.73. The van der Waals surface area contributed by atoms with Gasteiger partial charge in [-0.05, 0) is 0 Å². The highest BCUT2D eigenvalue weighted by molar-refractivity contribution is 14.3. The first-order valence-corrected chi connectivity index (χ1v) is 18.0. The Morgan fingerprint density at radius 3 is 1.00 bits per heavy atom. The van der Waals surface area contributed by atoms with E-state index in [-0.39, 0.29) is 3.16 Å². The maximum Gasteiger partial charge on any atom is 0.149 e. The molecule has 2 atom stereocenters. The maximum atomic E-state index is 2.73. The quantitative estimate of drug-likeness (QED) is 0.190. The van der Waals surface area contributed by atoms with Gasteiger partial charge in [0.2, 0.25) is 0 Å². The smallest absolute Gasteiger partial charge is 0.0778 e. The highest BCUT2D eigenvalue weighted by atomic mass is 127. The first-order valence-electron chi connectivity index (χ1n) is 3.81. The average Bonchev–Trinajstić information content (AvgIpc) is 2.09. The molecule has 0 saturated heterocycles. The van der Waals surface area contributed by atoms with E-state index in [1.54, 1.807) is 0 Å². The number of alkyl halides is 13. The summed E-state index contributed by atoms with van der Waals surface area (Å²) in [5, 5.41) is 0. The molecule has 0 aromatic carbocycles. The Morgan fingerprint density at radius 1 is 0.526 bits per heavy atom. The molecule has 0 rings (SSSR count). The van der Waals surface area contributed by atoms with Crippen molar-refractivity contribution in [2.45, 2.75) is 7.08 Å². The third-order valence-electron chi connectivity index (χ3n) is 1.86. The van der Waals surface area contributed by atoms with Gasteiger partial charge in [-0.1, -0.05) is 294 Å². The van der Waals surface area contributed by atoms with Crippen molar-refractivity contribution in [2.75, 3.05) is 0 Å². The van der Waals surface area contributed by atoms with Gasteiger partial charge in [-0.15, -0.1) is 0 Å². The standard InChI is InChI=1S/C6HI13/c7-1(3(9,10)11)2(8,5(14,15)16)4(12,13)6(17,18)19/h1H. The molecule has 0 aromatic heterocycles. The summed E-state index contributed by atoms with van der Waals surface area (Å²) in [5.74, 6) is 0. The van der Waals surface area contributed by atoms with Gasteiger partial charge in [-0.25, -0.2) is 0 Å². The topological polar surface area (TPSA) is 0 Å². The van der Waals surface area contributed by atoms with Crippen LogP contribution in [-0.2, 0) is 0 Å². The van der Waals surface area contributed by atoms with Gasteiger partial charge in [0.15, 0.2) is 0 Å². The number of hydrogen-bond acceptors (Lipinski definition) is 0. The molecule has 0 nitrogen and oxygen atoms in total. The number of rotatable bonds is 5. The van der Waals surface area contributed by atoms with Crippen LogP contribution in [0.1, 0.15) is 0 Å². The fraction of sp³-hybridized carbons (Fsp3) is 1.00. The molecule has 13 heteroatoms. The van der Waals surface area contributed by atoms with E-state index in [4.69, 9.17) is 0 Å². The summed E-state index contributed by atoms with van der Waals surface area (Å²) in [7, 11) is 0. The van der Waals surface area contributed by atoms with Crippen molar-refractivity contribution in [1.82, 2.24) is 0 Å². The van der Waals surface area contributed by atoms with Gasteiger partial charge in [-0.3, -0.25) is 0 Å². The molecule has 0 aliphatic heterocycles. The van der Waals surface area contributed by atoms with E-state index in [1.165, 1.54) is 0 Å².